The number of aromatic nitrogens is 2. The van der Waals surface area contributed by atoms with Crippen molar-refractivity contribution in [1.82, 2.24) is 15.1 Å². The Labute approximate surface area is 133 Å². The number of carbonyl (C=O) groups excluding carboxylic acids is 2. The molecular weight excluding hydrogens is 299 g/mol. The Kier molecular flexibility index (Phi) is 5.10. The maximum Gasteiger partial charge on any atom is 0.271 e. The number of amides is 2. The normalized spacial score (nSPS) is 10.7. The lowest BCUT2D eigenvalue weighted by atomic mass is 10.2. The average molecular weight is 318 g/mol. The Hall–Kier alpha value is -2.70. The van der Waals surface area contributed by atoms with Crippen molar-refractivity contribution in [2.75, 3.05) is 11.9 Å². The minimum atomic E-state index is -0.434. The van der Waals surface area contributed by atoms with E-state index in [1.54, 1.807) is 7.05 Å². The topological polar surface area (TPSA) is 76.0 Å². The quantitative estimate of drug-likeness (QED) is 0.887. The molecule has 0 aliphatic carbocycles. The van der Waals surface area contributed by atoms with E-state index < -0.39 is 11.7 Å². The highest BCUT2D eigenvalue weighted by Crippen LogP contribution is 2.16. The zero-order chi connectivity index (χ0) is 17.0. The Morgan fingerprint density at radius 3 is 2.48 bits per heavy atom. The summed E-state index contributed by atoms with van der Waals surface area (Å²) in [5, 5.41) is 9.42. The van der Waals surface area contributed by atoms with E-state index in [0.29, 0.717) is 23.7 Å². The van der Waals surface area contributed by atoms with Crippen LogP contribution < -0.4 is 10.6 Å². The van der Waals surface area contributed by atoms with E-state index in [-0.39, 0.29) is 11.6 Å². The van der Waals surface area contributed by atoms with Gasteiger partial charge in [-0.3, -0.25) is 14.3 Å². The largest absolute Gasteiger partial charge is 0.350 e. The second-order valence-corrected chi connectivity index (χ2v) is 5.60. The molecule has 2 rings (SSSR count). The number of aryl methyl sites for hydroxylation is 1. The summed E-state index contributed by atoms with van der Waals surface area (Å²) >= 11 is 0. The highest BCUT2D eigenvalue weighted by molar-refractivity contribution is 6.08. The molecule has 6 nitrogen and oxygen atoms in total. The maximum atomic E-state index is 12.9. The summed E-state index contributed by atoms with van der Waals surface area (Å²) < 4.78 is 14.3. The highest BCUT2D eigenvalue weighted by atomic mass is 19.1. The van der Waals surface area contributed by atoms with Crippen LogP contribution in [0, 0.1) is 11.7 Å². The van der Waals surface area contributed by atoms with Gasteiger partial charge in [0.2, 0.25) is 0 Å². The van der Waals surface area contributed by atoms with Crippen molar-refractivity contribution in [1.29, 1.82) is 0 Å². The second kappa shape index (κ2) is 7.04. The molecule has 0 saturated carbocycles. The summed E-state index contributed by atoms with van der Waals surface area (Å²) in [5.74, 6) is -0.856. The van der Waals surface area contributed by atoms with E-state index >= 15 is 0 Å². The SMILES string of the molecule is CC(C)CNC(=O)c1c(NC(=O)c2ccc(F)cc2)cnn1C. The second-order valence-electron chi connectivity index (χ2n) is 5.60. The number of carbonyl (C=O) groups is 2. The van der Waals surface area contributed by atoms with E-state index in [0.717, 1.165) is 0 Å². The van der Waals surface area contributed by atoms with Crippen LogP contribution in [-0.2, 0) is 7.05 Å². The first-order chi connectivity index (χ1) is 10.9. The Bertz CT molecular complexity index is 707. The van der Waals surface area contributed by atoms with Crippen LogP contribution in [-0.4, -0.2) is 28.1 Å². The third-order valence-corrected chi connectivity index (χ3v) is 3.18. The van der Waals surface area contributed by atoms with Crippen molar-refractivity contribution in [3.63, 3.8) is 0 Å². The highest BCUT2D eigenvalue weighted by Gasteiger charge is 2.19. The molecular formula is C16H19FN4O2. The number of benzene rings is 1. The average Bonchev–Trinajstić information content (AvgIpc) is 2.86. The fourth-order valence-corrected chi connectivity index (χ4v) is 1.97. The molecule has 0 atom stereocenters. The summed E-state index contributed by atoms with van der Waals surface area (Å²) in [7, 11) is 1.62. The Balaban J connectivity index is 2.16. The van der Waals surface area contributed by atoms with Crippen molar-refractivity contribution in [2.45, 2.75) is 13.8 Å². The molecule has 122 valence electrons. The number of anilines is 1. The minimum absolute atomic E-state index is 0.265. The molecule has 0 aliphatic rings. The van der Waals surface area contributed by atoms with Crippen LogP contribution >= 0.6 is 0 Å². The number of rotatable bonds is 5. The van der Waals surface area contributed by atoms with Crippen LogP contribution in [0.3, 0.4) is 0 Å². The molecule has 2 N–H and O–H groups in total. The predicted molar refractivity (Wildman–Crippen MR) is 84.7 cm³/mol. The molecule has 2 amide bonds. The lowest BCUT2D eigenvalue weighted by Crippen LogP contribution is -2.30. The van der Waals surface area contributed by atoms with Crippen LogP contribution in [0.2, 0.25) is 0 Å². The summed E-state index contributed by atoms with van der Waals surface area (Å²) in [6, 6.07) is 5.15. The molecule has 0 unspecified atom stereocenters. The van der Waals surface area contributed by atoms with Gasteiger partial charge in [-0.1, -0.05) is 13.8 Å². The molecule has 1 heterocycles. The smallest absolute Gasteiger partial charge is 0.271 e. The molecule has 1 aromatic heterocycles. The first-order valence-corrected chi connectivity index (χ1v) is 7.25. The van der Waals surface area contributed by atoms with Crippen molar-refractivity contribution in [3.8, 4) is 0 Å². The van der Waals surface area contributed by atoms with E-state index in [2.05, 4.69) is 15.7 Å². The molecule has 0 radical (unpaired) electrons. The van der Waals surface area contributed by atoms with E-state index in [4.69, 9.17) is 0 Å². The Morgan fingerprint density at radius 2 is 1.87 bits per heavy atom. The van der Waals surface area contributed by atoms with E-state index in [1.807, 2.05) is 13.8 Å². The molecule has 0 fully saturated rings. The number of hydrogen-bond acceptors (Lipinski definition) is 3. The van der Waals surface area contributed by atoms with E-state index in [1.165, 1.54) is 35.1 Å². The van der Waals surface area contributed by atoms with Crippen molar-refractivity contribution in [3.05, 3.63) is 47.5 Å². The van der Waals surface area contributed by atoms with Gasteiger partial charge in [0.1, 0.15) is 11.5 Å². The fraction of sp³-hybridized carbons (Fsp3) is 0.312. The molecule has 0 bridgehead atoms. The molecule has 0 spiro atoms. The zero-order valence-electron chi connectivity index (χ0n) is 13.3. The molecule has 23 heavy (non-hydrogen) atoms. The van der Waals surface area contributed by atoms with Crippen LogP contribution in [0.25, 0.3) is 0 Å². The fourth-order valence-electron chi connectivity index (χ4n) is 1.97. The Morgan fingerprint density at radius 1 is 1.22 bits per heavy atom. The molecule has 2 aromatic rings. The number of nitrogens with one attached hydrogen (secondary N) is 2. The molecule has 1 aromatic carbocycles. The van der Waals surface area contributed by atoms with Gasteiger partial charge in [-0.15, -0.1) is 0 Å². The number of nitrogens with zero attached hydrogens (tertiary/aromatic N) is 2. The van der Waals surface area contributed by atoms with Gasteiger partial charge < -0.3 is 10.6 Å². The van der Waals surface area contributed by atoms with Crippen molar-refractivity contribution < 1.29 is 14.0 Å². The van der Waals surface area contributed by atoms with Gasteiger partial charge in [-0.2, -0.15) is 5.10 Å². The minimum Gasteiger partial charge on any atom is -0.350 e. The third-order valence-electron chi connectivity index (χ3n) is 3.18. The van der Waals surface area contributed by atoms with Gasteiger partial charge >= 0.3 is 0 Å². The summed E-state index contributed by atoms with van der Waals surface area (Å²) in [6.45, 7) is 4.50. The van der Waals surface area contributed by atoms with Crippen molar-refractivity contribution in [2.24, 2.45) is 13.0 Å². The van der Waals surface area contributed by atoms with Gasteiger partial charge in [-0.25, -0.2) is 4.39 Å². The number of hydrogen-bond donors (Lipinski definition) is 2. The number of halogens is 1. The summed E-state index contributed by atoms with van der Waals surface area (Å²) in [4.78, 5) is 24.4. The first-order valence-electron chi connectivity index (χ1n) is 7.25. The molecule has 0 aliphatic heterocycles. The van der Waals surface area contributed by atoms with E-state index in [9.17, 15) is 14.0 Å². The van der Waals surface area contributed by atoms with Gasteiger partial charge in [0.05, 0.1) is 11.9 Å². The zero-order valence-corrected chi connectivity index (χ0v) is 13.3. The standard InChI is InChI=1S/C16H19FN4O2/c1-10(2)8-18-16(23)14-13(9-19-21(14)3)20-15(22)11-4-6-12(17)7-5-11/h4-7,9-10H,8H2,1-3H3,(H,18,23)(H,20,22). The van der Waals surface area contributed by atoms with Crippen LogP contribution in [0.5, 0.6) is 0 Å². The van der Waals surface area contributed by atoms with Gasteiger partial charge in [0, 0.05) is 19.2 Å². The lowest BCUT2D eigenvalue weighted by Gasteiger charge is -2.10. The predicted octanol–water partition coefficient (Wildman–Crippen LogP) is 2.20. The van der Waals surface area contributed by atoms with Crippen LogP contribution in [0.1, 0.15) is 34.7 Å². The lowest BCUT2D eigenvalue weighted by molar-refractivity contribution is 0.0940. The first kappa shape index (κ1) is 16.7. The van der Waals surface area contributed by atoms with Gasteiger partial charge in [0.25, 0.3) is 11.8 Å². The van der Waals surface area contributed by atoms with Crippen LogP contribution in [0.4, 0.5) is 10.1 Å². The molecule has 0 saturated heterocycles. The summed E-state index contributed by atoms with van der Waals surface area (Å²) in [5.41, 5.74) is 0.869. The van der Waals surface area contributed by atoms with Gasteiger partial charge in [0.15, 0.2) is 0 Å². The summed E-state index contributed by atoms with van der Waals surface area (Å²) in [6.07, 6.45) is 1.41. The van der Waals surface area contributed by atoms with Crippen molar-refractivity contribution >= 4 is 17.5 Å². The molecule has 7 heteroatoms. The maximum absolute atomic E-state index is 12.9. The third kappa shape index (κ3) is 4.15. The monoisotopic (exact) mass is 318 g/mol. The van der Waals surface area contributed by atoms with Gasteiger partial charge in [-0.05, 0) is 30.2 Å². The van der Waals surface area contributed by atoms with Crippen LogP contribution in [0.15, 0.2) is 30.5 Å².